The fraction of sp³-hybridized carbons (Fsp3) is 0.600. The quantitative estimate of drug-likeness (QED) is 0.916. The average molecular weight is 338 g/mol. The van der Waals surface area contributed by atoms with E-state index < -0.39 is 9.84 Å². The predicted molar refractivity (Wildman–Crippen MR) is 85.7 cm³/mol. The Morgan fingerprint density at radius 1 is 1.36 bits per heavy atom. The molecule has 0 spiro atoms. The maximum Gasteiger partial charge on any atom is 0.225 e. The number of carbonyl (C=O) groups is 1. The summed E-state index contributed by atoms with van der Waals surface area (Å²) >= 11 is 1.50. The Hall–Kier alpha value is -1.39. The molecule has 7 heteroatoms. The van der Waals surface area contributed by atoms with Gasteiger partial charge in [0.25, 0.3) is 0 Å². The van der Waals surface area contributed by atoms with Crippen LogP contribution in [0.4, 0.5) is 5.00 Å². The van der Waals surface area contributed by atoms with Gasteiger partial charge in [-0.05, 0) is 43.6 Å². The van der Waals surface area contributed by atoms with Crippen LogP contribution >= 0.6 is 11.3 Å². The Morgan fingerprint density at radius 2 is 2.14 bits per heavy atom. The third-order valence-corrected chi connectivity index (χ3v) is 7.38. The molecule has 1 saturated heterocycles. The van der Waals surface area contributed by atoms with Crippen molar-refractivity contribution in [3.05, 3.63) is 16.0 Å². The number of nitriles is 1. The van der Waals surface area contributed by atoms with Gasteiger partial charge in [-0.15, -0.1) is 11.3 Å². The summed E-state index contributed by atoms with van der Waals surface area (Å²) in [6.07, 6.45) is 4.88. The van der Waals surface area contributed by atoms with Crippen LogP contribution in [0.1, 0.15) is 41.7 Å². The van der Waals surface area contributed by atoms with Gasteiger partial charge >= 0.3 is 0 Å². The first kappa shape index (κ1) is 15.5. The molecule has 1 aliphatic heterocycles. The Morgan fingerprint density at radius 3 is 2.82 bits per heavy atom. The van der Waals surface area contributed by atoms with Gasteiger partial charge < -0.3 is 5.32 Å². The van der Waals surface area contributed by atoms with Crippen LogP contribution in [0.2, 0.25) is 0 Å². The van der Waals surface area contributed by atoms with Gasteiger partial charge in [-0.1, -0.05) is 0 Å². The largest absolute Gasteiger partial charge is 0.317 e. The smallest absolute Gasteiger partial charge is 0.225 e. The molecular weight excluding hydrogens is 320 g/mol. The zero-order valence-corrected chi connectivity index (χ0v) is 13.9. The zero-order valence-electron chi connectivity index (χ0n) is 12.2. The number of nitrogens with one attached hydrogen (secondary N) is 1. The molecule has 0 unspecified atom stereocenters. The number of fused-ring (bicyclic) bond motifs is 1. The molecule has 0 aromatic carbocycles. The zero-order chi connectivity index (χ0) is 15.7. The lowest BCUT2D eigenvalue weighted by Crippen LogP contribution is -2.17. The van der Waals surface area contributed by atoms with Gasteiger partial charge in [-0.2, -0.15) is 5.26 Å². The molecule has 1 fully saturated rings. The monoisotopic (exact) mass is 338 g/mol. The lowest BCUT2D eigenvalue weighted by molar-refractivity contribution is -0.116. The van der Waals surface area contributed by atoms with Crippen molar-refractivity contribution in [2.24, 2.45) is 5.92 Å². The van der Waals surface area contributed by atoms with Crippen LogP contribution < -0.4 is 5.32 Å². The summed E-state index contributed by atoms with van der Waals surface area (Å²) in [4.78, 5) is 13.4. The minimum Gasteiger partial charge on any atom is -0.317 e. The molecule has 0 bridgehead atoms. The van der Waals surface area contributed by atoms with Crippen molar-refractivity contribution < 1.29 is 13.2 Å². The third kappa shape index (κ3) is 3.18. The first-order valence-corrected chi connectivity index (χ1v) is 10.2. The molecule has 118 valence electrons. The standard InChI is InChI=1S/C15H18N2O3S2/c16-8-12-11-3-1-2-4-13(11)21-15(12)17-14(18)7-10-5-6-22(19,20)9-10/h10H,1-7,9H2,(H,17,18)/t10-/m1/s1. The SMILES string of the molecule is N#Cc1c(NC(=O)C[C@H]2CCS(=O)(=O)C2)sc2c1CCCC2. The molecule has 5 nitrogen and oxygen atoms in total. The molecule has 2 heterocycles. The van der Waals surface area contributed by atoms with E-state index in [4.69, 9.17) is 0 Å². The van der Waals surface area contributed by atoms with Crippen LogP contribution in [0.25, 0.3) is 0 Å². The van der Waals surface area contributed by atoms with Crippen molar-refractivity contribution in [1.29, 1.82) is 5.26 Å². The summed E-state index contributed by atoms with van der Waals surface area (Å²) in [6.45, 7) is 0. The number of hydrogen-bond donors (Lipinski definition) is 1. The second kappa shape index (κ2) is 6.01. The van der Waals surface area contributed by atoms with Gasteiger partial charge in [0.15, 0.2) is 9.84 Å². The number of aryl methyl sites for hydroxylation is 1. The minimum atomic E-state index is -2.96. The van der Waals surface area contributed by atoms with Crippen molar-refractivity contribution in [2.45, 2.75) is 38.5 Å². The van der Waals surface area contributed by atoms with E-state index in [0.717, 1.165) is 31.2 Å². The van der Waals surface area contributed by atoms with E-state index in [0.29, 0.717) is 17.0 Å². The molecule has 1 aliphatic carbocycles. The lowest BCUT2D eigenvalue weighted by atomic mass is 9.96. The number of amides is 1. The Balaban J connectivity index is 1.70. The highest BCUT2D eigenvalue weighted by molar-refractivity contribution is 7.91. The molecule has 0 saturated carbocycles. The average Bonchev–Trinajstić information content (AvgIpc) is 2.97. The van der Waals surface area contributed by atoms with Gasteiger partial charge in [-0.25, -0.2) is 8.42 Å². The van der Waals surface area contributed by atoms with Crippen LogP contribution in [0.3, 0.4) is 0 Å². The topological polar surface area (TPSA) is 87.0 Å². The molecule has 1 atom stereocenters. The molecule has 22 heavy (non-hydrogen) atoms. The minimum absolute atomic E-state index is 0.0925. The maximum absolute atomic E-state index is 12.2. The van der Waals surface area contributed by atoms with Crippen LogP contribution in [-0.2, 0) is 27.5 Å². The van der Waals surface area contributed by atoms with Crippen molar-refractivity contribution >= 4 is 32.1 Å². The fourth-order valence-corrected chi connectivity index (χ4v) is 6.36. The number of sulfone groups is 1. The Bertz CT molecular complexity index is 744. The summed E-state index contributed by atoms with van der Waals surface area (Å²) in [6, 6.07) is 2.22. The predicted octanol–water partition coefficient (Wildman–Crippen LogP) is 2.26. The highest BCUT2D eigenvalue weighted by atomic mass is 32.2. The van der Waals surface area contributed by atoms with Gasteiger partial charge in [0.05, 0.1) is 17.1 Å². The molecule has 2 aliphatic rings. The van der Waals surface area contributed by atoms with Crippen molar-refractivity contribution in [3.63, 3.8) is 0 Å². The summed E-state index contributed by atoms with van der Waals surface area (Å²) in [5, 5.41) is 12.8. The number of hydrogen-bond acceptors (Lipinski definition) is 5. The van der Waals surface area contributed by atoms with E-state index in [9.17, 15) is 18.5 Å². The van der Waals surface area contributed by atoms with Crippen molar-refractivity contribution in [1.82, 2.24) is 0 Å². The molecule has 3 rings (SSSR count). The second-order valence-electron chi connectivity index (χ2n) is 6.05. The van der Waals surface area contributed by atoms with Gasteiger partial charge in [-0.3, -0.25) is 4.79 Å². The van der Waals surface area contributed by atoms with Crippen LogP contribution in [0.15, 0.2) is 0 Å². The van der Waals surface area contributed by atoms with E-state index in [1.54, 1.807) is 0 Å². The highest BCUT2D eigenvalue weighted by Crippen LogP contribution is 2.37. The van der Waals surface area contributed by atoms with Crippen LogP contribution in [0, 0.1) is 17.2 Å². The first-order chi connectivity index (χ1) is 10.5. The molecule has 1 aromatic heterocycles. The Labute approximate surface area is 134 Å². The fourth-order valence-electron chi connectivity index (χ4n) is 3.25. The van der Waals surface area contributed by atoms with E-state index >= 15 is 0 Å². The van der Waals surface area contributed by atoms with Gasteiger partial charge in [0.2, 0.25) is 5.91 Å². The number of anilines is 1. The van der Waals surface area contributed by atoms with E-state index in [1.165, 1.54) is 16.2 Å². The third-order valence-electron chi connectivity index (χ3n) is 4.34. The highest BCUT2D eigenvalue weighted by Gasteiger charge is 2.30. The van der Waals surface area contributed by atoms with Crippen molar-refractivity contribution in [2.75, 3.05) is 16.8 Å². The molecular formula is C15H18N2O3S2. The lowest BCUT2D eigenvalue weighted by Gasteiger charge is -2.09. The van der Waals surface area contributed by atoms with Crippen LogP contribution in [-0.4, -0.2) is 25.8 Å². The first-order valence-electron chi connectivity index (χ1n) is 7.53. The molecule has 1 amide bonds. The Kier molecular flexibility index (Phi) is 4.24. The number of carbonyl (C=O) groups excluding carboxylic acids is 1. The maximum atomic E-state index is 12.2. The van der Waals surface area contributed by atoms with E-state index in [-0.39, 0.29) is 29.8 Å². The normalized spacial score (nSPS) is 22.8. The van der Waals surface area contributed by atoms with Gasteiger partial charge in [0.1, 0.15) is 11.1 Å². The summed E-state index contributed by atoms with van der Waals surface area (Å²) in [5.41, 5.74) is 1.70. The molecule has 1 aromatic rings. The van der Waals surface area contributed by atoms with Crippen molar-refractivity contribution in [3.8, 4) is 6.07 Å². The van der Waals surface area contributed by atoms with E-state index in [1.807, 2.05) is 0 Å². The number of nitrogens with zero attached hydrogens (tertiary/aromatic N) is 1. The summed E-state index contributed by atoms with van der Waals surface area (Å²) in [5.74, 6) is 0.0102. The van der Waals surface area contributed by atoms with Gasteiger partial charge in [0, 0.05) is 11.3 Å². The number of rotatable bonds is 3. The van der Waals surface area contributed by atoms with E-state index in [2.05, 4.69) is 11.4 Å². The number of thiophene rings is 1. The van der Waals surface area contributed by atoms with Crippen LogP contribution in [0.5, 0.6) is 0 Å². The molecule has 1 N–H and O–H groups in total. The second-order valence-corrected chi connectivity index (χ2v) is 9.38. The molecule has 0 radical (unpaired) electrons. The summed E-state index contributed by atoms with van der Waals surface area (Å²) in [7, 11) is -2.96. The summed E-state index contributed by atoms with van der Waals surface area (Å²) < 4.78 is 22.9.